The minimum Gasteiger partial charge on any atom is -0.0651 e. The smallest absolute Gasteiger partial charge is 0.0411 e. The first-order chi connectivity index (χ1) is 3.83. The van der Waals surface area contributed by atoms with Crippen LogP contribution in [-0.4, -0.2) is 0 Å². The highest BCUT2D eigenvalue weighted by atomic mass is 14.2. The molecule has 1 fully saturated rings. The van der Waals surface area contributed by atoms with Crippen molar-refractivity contribution in [3.05, 3.63) is 6.92 Å². The van der Waals surface area contributed by atoms with Gasteiger partial charge in [-0.2, -0.15) is 0 Å². The largest absolute Gasteiger partial charge is 0.0651 e. The van der Waals surface area contributed by atoms with Gasteiger partial charge < -0.3 is 0 Å². The lowest BCUT2D eigenvalue weighted by Crippen LogP contribution is -1.90. The summed E-state index contributed by atoms with van der Waals surface area (Å²) in [6.07, 6.45) is 5.56. The van der Waals surface area contributed by atoms with Crippen molar-refractivity contribution in [2.45, 2.75) is 32.6 Å². The van der Waals surface area contributed by atoms with Crippen LogP contribution in [0.3, 0.4) is 0 Å². The standard InChI is InChI=1S/C8H15/c1-3-8-5-4-7(2)6-8/h7-8H,2-6H2,1H3. The normalized spacial score (nSPS) is 38.2. The molecule has 0 nitrogen and oxygen atoms in total. The molecule has 1 radical (unpaired) electrons. The minimum absolute atomic E-state index is 0.778. The van der Waals surface area contributed by atoms with Crippen LogP contribution in [0.25, 0.3) is 0 Å². The van der Waals surface area contributed by atoms with E-state index < -0.39 is 0 Å². The van der Waals surface area contributed by atoms with Gasteiger partial charge in [-0.05, 0) is 18.3 Å². The summed E-state index contributed by atoms with van der Waals surface area (Å²) in [6, 6.07) is 0. The van der Waals surface area contributed by atoms with E-state index in [1.807, 2.05) is 0 Å². The van der Waals surface area contributed by atoms with E-state index in [0.29, 0.717) is 0 Å². The molecule has 0 saturated heterocycles. The van der Waals surface area contributed by atoms with Gasteiger partial charge in [0, 0.05) is 0 Å². The molecule has 8 heavy (non-hydrogen) atoms. The highest BCUT2D eigenvalue weighted by Gasteiger charge is 2.18. The van der Waals surface area contributed by atoms with Gasteiger partial charge in [-0.25, -0.2) is 0 Å². The van der Waals surface area contributed by atoms with Crippen molar-refractivity contribution in [1.29, 1.82) is 0 Å². The Kier molecular flexibility index (Phi) is 1.93. The molecule has 0 spiro atoms. The molecule has 0 aromatic rings. The Morgan fingerprint density at radius 1 is 1.50 bits per heavy atom. The molecule has 0 heterocycles. The number of rotatable bonds is 1. The third kappa shape index (κ3) is 1.24. The average Bonchev–Trinajstić information content (AvgIpc) is 2.14. The summed E-state index contributed by atoms with van der Waals surface area (Å²) in [6.45, 7) is 6.32. The van der Waals surface area contributed by atoms with Crippen LogP contribution in [-0.2, 0) is 0 Å². The molecule has 0 heteroatoms. The van der Waals surface area contributed by atoms with E-state index in [1.54, 1.807) is 0 Å². The van der Waals surface area contributed by atoms with Crippen LogP contribution in [0.4, 0.5) is 0 Å². The second-order valence-electron chi connectivity index (χ2n) is 2.95. The van der Waals surface area contributed by atoms with E-state index in [1.165, 1.54) is 25.7 Å². The van der Waals surface area contributed by atoms with Crippen LogP contribution in [0, 0.1) is 18.8 Å². The molecular weight excluding hydrogens is 96.1 g/mol. The summed E-state index contributed by atoms with van der Waals surface area (Å²) in [7, 11) is 0. The van der Waals surface area contributed by atoms with Crippen LogP contribution in [0.5, 0.6) is 0 Å². The summed E-state index contributed by atoms with van der Waals surface area (Å²) in [5.74, 6) is 1.79. The zero-order valence-corrected chi connectivity index (χ0v) is 5.69. The predicted octanol–water partition coefficient (Wildman–Crippen LogP) is 2.65. The van der Waals surface area contributed by atoms with Crippen LogP contribution in [0.15, 0.2) is 0 Å². The molecule has 2 atom stereocenters. The Morgan fingerprint density at radius 2 is 2.25 bits per heavy atom. The maximum Gasteiger partial charge on any atom is -0.0411 e. The molecule has 1 aliphatic carbocycles. The fourth-order valence-electron chi connectivity index (χ4n) is 1.55. The van der Waals surface area contributed by atoms with Crippen molar-refractivity contribution >= 4 is 0 Å². The Labute approximate surface area is 52.3 Å². The molecule has 1 saturated carbocycles. The van der Waals surface area contributed by atoms with Crippen molar-refractivity contribution in [2.75, 3.05) is 0 Å². The minimum atomic E-state index is 0.778. The van der Waals surface area contributed by atoms with Crippen LogP contribution in [0.1, 0.15) is 32.6 Å². The van der Waals surface area contributed by atoms with Crippen molar-refractivity contribution in [1.82, 2.24) is 0 Å². The first kappa shape index (κ1) is 6.12. The first-order valence-electron chi connectivity index (χ1n) is 3.66. The number of hydrogen-bond donors (Lipinski definition) is 0. The average molecular weight is 111 g/mol. The van der Waals surface area contributed by atoms with Gasteiger partial charge in [-0.3, -0.25) is 0 Å². The molecular formula is C8H15. The van der Waals surface area contributed by atoms with Crippen molar-refractivity contribution in [3.63, 3.8) is 0 Å². The molecule has 0 N–H and O–H groups in total. The second-order valence-corrected chi connectivity index (χ2v) is 2.95. The second kappa shape index (κ2) is 2.52. The Bertz CT molecular complexity index is 66.4. The van der Waals surface area contributed by atoms with Gasteiger partial charge in [0.15, 0.2) is 0 Å². The van der Waals surface area contributed by atoms with Crippen molar-refractivity contribution < 1.29 is 0 Å². The summed E-state index contributed by atoms with van der Waals surface area (Å²) < 4.78 is 0. The van der Waals surface area contributed by atoms with Gasteiger partial charge in [0.05, 0.1) is 0 Å². The van der Waals surface area contributed by atoms with Crippen molar-refractivity contribution in [2.24, 2.45) is 11.8 Å². The predicted molar refractivity (Wildman–Crippen MR) is 36.5 cm³/mol. The maximum absolute atomic E-state index is 4.04. The van der Waals surface area contributed by atoms with E-state index in [4.69, 9.17) is 0 Å². The number of hydrogen-bond acceptors (Lipinski definition) is 0. The lowest BCUT2D eigenvalue weighted by atomic mass is 10.0. The zero-order chi connectivity index (χ0) is 5.98. The maximum atomic E-state index is 4.04. The van der Waals surface area contributed by atoms with Crippen LogP contribution < -0.4 is 0 Å². The molecule has 0 aromatic heterocycles. The summed E-state index contributed by atoms with van der Waals surface area (Å²) >= 11 is 0. The van der Waals surface area contributed by atoms with Gasteiger partial charge in [0.1, 0.15) is 0 Å². The fourth-order valence-corrected chi connectivity index (χ4v) is 1.55. The summed E-state index contributed by atoms with van der Waals surface area (Å²) in [4.78, 5) is 0. The molecule has 0 aromatic carbocycles. The quantitative estimate of drug-likeness (QED) is 0.488. The molecule has 2 unspecified atom stereocenters. The Balaban J connectivity index is 2.22. The molecule has 47 valence electrons. The van der Waals surface area contributed by atoms with E-state index in [-0.39, 0.29) is 0 Å². The highest BCUT2D eigenvalue weighted by Crippen LogP contribution is 2.31. The SMILES string of the molecule is [CH2]C1CCC(CC)C1. The topological polar surface area (TPSA) is 0 Å². The van der Waals surface area contributed by atoms with E-state index >= 15 is 0 Å². The molecule has 0 bridgehead atoms. The zero-order valence-electron chi connectivity index (χ0n) is 5.69. The third-order valence-corrected chi connectivity index (χ3v) is 2.23. The molecule has 1 aliphatic rings. The van der Waals surface area contributed by atoms with Gasteiger partial charge >= 0.3 is 0 Å². The van der Waals surface area contributed by atoms with E-state index in [9.17, 15) is 0 Å². The summed E-state index contributed by atoms with van der Waals surface area (Å²) in [5.41, 5.74) is 0. The fraction of sp³-hybridized carbons (Fsp3) is 0.875. The lowest BCUT2D eigenvalue weighted by Gasteiger charge is -2.02. The molecule has 0 amide bonds. The van der Waals surface area contributed by atoms with Gasteiger partial charge in [-0.1, -0.05) is 33.1 Å². The van der Waals surface area contributed by atoms with Gasteiger partial charge in [0.2, 0.25) is 0 Å². The Morgan fingerprint density at radius 3 is 2.50 bits per heavy atom. The van der Waals surface area contributed by atoms with Gasteiger partial charge in [0.25, 0.3) is 0 Å². The van der Waals surface area contributed by atoms with Crippen LogP contribution >= 0.6 is 0 Å². The first-order valence-corrected chi connectivity index (χ1v) is 3.66. The lowest BCUT2D eigenvalue weighted by molar-refractivity contribution is 0.515. The molecule has 1 rings (SSSR count). The van der Waals surface area contributed by atoms with Crippen molar-refractivity contribution in [3.8, 4) is 0 Å². The molecule has 0 aliphatic heterocycles. The summed E-state index contributed by atoms with van der Waals surface area (Å²) in [5, 5.41) is 0. The monoisotopic (exact) mass is 111 g/mol. The van der Waals surface area contributed by atoms with Crippen LogP contribution in [0.2, 0.25) is 0 Å². The Hall–Kier alpha value is 0. The third-order valence-electron chi connectivity index (χ3n) is 2.23. The van der Waals surface area contributed by atoms with E-state index in [0.717, 1.165) is 11.8 Å². The van der Waals surface area contributed by atoms with E-state index in [2.05, 4.69) is 13.8 Å². The van der Waals surface area contributed by atoms with Gasteiger partial charge in [-0.15, -0.1) is 0 Å². The highest BCUT2D eigenvalue weighted by molar-refractivity contribution is 4.75.